The molecule has 43 heavy (non-hydrogen) atoms. The second-order valence-corrected chi connectivity index (χ2v) is 12.8. The molecule has 0 radical (unpaired) electrons. The van der Waals surface area contributed by atoms with Gasteiger partial charge in [0.2, 0.25) is 11.8 Å². The molecule has 3 amide bonds. The molecule has 0 aromatic heterocycles. The van der Waals surface area contributed by atoms with Crippen LogP contribution < -0.4 is 10.6 Å². The first-order valence-electron chi connectivity index (χ1n) is 15.7. The van der Waals surface area contributed by atoms with Crippen LogP contribution in [0, 0.1) is 12.8 Å². The van der Waals surface area contributed by atoms with Crippen molar-refractivity contribution in [3.8, 4) is 5.75 Å². The van der Waals surface area contributed by atoms with Gasteiger partial charge in [-0.1, -0.05) is 89.3 Å². The number of ether oxygens (including phenoxy) is 1. The zero-order valence-electron chi connectivity index (χ0n) is 27.2. The standard InChI is InChI=1S/C35H53N3O5/c1-8-9-10-11-12-16-21-38(33(41)29(22-25(2)3)37-34(42)43-35(5,6)7)31(28-19-20-30(39)26(4)23-28)32(40)36-24-27-17-14-13-15-18-27/h13-15,17-20,23,25,29,31,39H,8-12,16,21-22,24H2,1-7H3,(H,36,40)(H,37,42). The maximum absolute atomic E-state index is 14.4. The Bertz CT molecular complexity index is 1160. The highest BCUT2D eigenvalue weighted by Crippen LogP contribution is 2.28. The van der Waals surface area contributed by atoms with Gasteiger partial charge in [0.15, 0.2) is 0 Å². The number of carbonyl (C=O) groups is 3. The number of nitrogens with zero attached hydrogens (tertiary/aromatic N) is 1. The number of rotatable bonds is 16. The molecule has 0 aliphatic rings. The number of aryl methyl sites for hydroxylation is 1. The van der Waals surface area contributed by atoms with Crippen molar-refractivity contribution < 1.29 is 24.2 Å². The summed E-state index contributed by atoms with van der Waals surface area (Å²) in [6, 6.07) is 12.8. The Morgan fingerprint density at radius 1 is 0.953 bits per heavy atom. The van der Waals surface area contributed by atoms with Crippen LogP contribution in [-0.2, 0) is 20.9 Å². The number of carbonyl (C=O) groups excluding carboxylic acids is 3. The number of amides is 3. The average Bonchev–Trinajstić information content (AvgIpc) is 2.93. The first kappa shape index (κ1) is 35.6. The number of phenolic OH excluding ortho intramolecular Hbond substituents is 1. The topological polar surface area (TPSA) is 108 Å². The lowest BCUT2D eigenvalue weighted by atomic mass is 9.97. The van der Waals surface area contributed by atoms with E-state index >= 15 is 0 Å². The first-order valence-corrected chi connectivity index (χ1v) is 15.7. The fraction of sp³-hybridized carbons (Fsp3) is 0.571. The fourth-order valence-corrected chi connectivity index (χ4v) is 4.98. The van der Waals surface area contributed by atoms with Crippen LogP contribution >= 0.6 is 0 Å². The summed E-state index contributed by atoms with van der Waals surface area (Å²) in [7, 11) is 0. The predicted molar refractivity (Wildman–Crippen MR) is 172 cm³/mol. The van der Waals surface area contributed by atoms with E-state index in [0.717, 1.165) is 44.1 Å². The van der Waals surface area contributed by atoms with E-state index < -0.39 is 23.8 Å². The fourth-order valence-electron chi connectivity index (χ4n) is 4.98. The highest BCUT2D eigenvalue weighted by Gasteiger charge is 2.36. The van der Waals surface area contributed by atoms with Gasteiger partial charge in [0.1, 0.15) is 23.4 Å². The van der Waals surface area contributed by atoms with Crippen LogP contribution in [0.5, 0.6) is 5.75 Å². The summed E-state index contributed by atoms with van der Waals surface area (Å²) in [5, 5.41) is 16.1. The van der Waals surface area contributed by atoms with Gasteiger partial charge in [-0.15, -0.1) is 0 Å². The summed E-state index contributed by atoms with van der Waals surface area (Å²) in [6.45, 7) is 13.9. The lowest BCUT2D eigenvalue weighted by Crippen LogP contribution is -2.53. The third kappa shape index (κ3) is 12.7. The molecule has 0 saturated heterocycles. The summed E-state index contributed by atoms with van der Waals surface area (Å²) in [4.78, 5) is 42.9. The van der Waals surface area contributed by atoms with Gasteiger partial charge in [-0.3, -0.25) is 9.59 Å². The van der Waals surface area contributed by atoms with Crippen molar-refractivity contribution in [2.45, 2.75) is 118 Å². The van der Waals surface area contributed by atoms with Crippen molar-refractivity contribution in [2.75, 3.05) is 6.54 Å². The molecule has 2 aromatic carbocycles. The Labute approximate surface area is 258 Å². The molecule has 2 aromatic rings. The van der Waals surface area contributed by atoms with Gasteiger partial charge in [-0.25, -0.2) is 4.79 Å². The summed E-state index contributed by atoms with van der Waals surface area (Å²) in [6.07, 6.45) is 5.83. The Morgan fingerprint density at radius 3 is 2.21 bits per heavy atom. The van der Waals surface area contributed by atoms with Gasteiger partial charge in [0.25, 0.3) is 0 Å². The third-order valence-corrected chi connectivity index (χ3v) is 7.14. The maximum atomic E-state index is 14.4. The Kier molecular flexibility index (Phi) is 14.5. The maximum Gasteiger partial charge on any atom is 0.408 e. The number of hydrogen-bond donors (Lipinski definition) is 3. The second kappa shape index (κ2) is 17.5. The Balaban J connectivity index is 2.49. The molecular weight excluding hydrogens is 542 g/mol. The van der Waals surface area contributed by atoms with Crippen LogP contribution in [0.1, 0.15) is 109 Å². The molecule has 0 saturated carbocycles. The van der Waals surface area contributed by atoms with E-state index in [1.165, 1.54) is 0 Å². The zero-order valence-corrected chi connectivity index (χ0v) is 27.2. The van der Waals surface area contributed by atoms with Gasteiger partial charge in [0, 0.05) is 13.1 Å². The van der Waals surface area contributed by atoms with Crippen LogP contribution in [0.3, 0.4) is 0 Å². The molecule has 0 heterocycles. The first-order chi connectivity index (χ1) is 20.3. The van der Waals surface area contributed by atoms with Crippen molar-refractivity contribution in [2.24, 2.45) is 5.92 Å². The molecule has 0 aliphatic carbocycles. The van der Waals surface area contributed by atoms with E-state index in [-0.39, 0.29) is 23.5 Å². The van der Waals surface area contributed by atoms with Crippen LogP contribution in [0.15, 0.2) is 48.5 Å². The van der Waals surface area contributed by atoms with Crippen LogP contribution in [0.4, 0.5) is 4.79 Å². The smallest absolute Gasteiger partial charge is 0.408 e. The minimum Gasteiger partial charge on any atom is -0.508 e. The van der Waals surface area contributed by atoms with Crippen molar-refractivity contribution in [3.63, 3.8) is 0 Å². The van der Waals surface area contributed by atoms with E-state index in [0.29, 0.717) is 30.6 Å². The monoisotopic (exact) mass is 595 g/mol. The normalized spacial score (nSPS) is 12.8. The quantitative estimate of drug-likeness (QED) is 0.178. The SMILES string of the molecule is CCCCCCCCN(C(=O)C(CC(C)C)NC(=O)OC(C)(C)C)C(C(=O)NCc1ccccc1)c1ccc(O)c(C)c1. The average molecular weight is 596 g/mol. The number of alkyl carbamates (subject to hydrolysis) is 1. The molecular formula is C35H53N3O5. The molecule has 8 nitrogen and oxygen atoms in total. The molecule has 8 heteroatoms. The van der Waals surface area contributed by atoms with Gasteiger partial charge in [-0.05, 0) is 75.3 Å². The van der Waals surface area contributed by atoms with Gasteiger partial charge in [-0.2, -0.15) is 0 Å². The highest BCUT2D eigenvalue weighted by atomic mass is 16.6. The number of phenols is 1. The second-order valence-electron chi connectivity index (χ2n) is 12.8. The predicted octanol–water partition coefficient (Wildman–Crippen LogP) is 7.19. The Hall–Kier alpha value is -3.55. The summed E-state index contributed by atoms with van der Waals surface area (Å²) < 4.78 is 5.50. The molecule has 2 unspecified atom stereocenters. The van der Waals surface area contributed by atoms with Gasteiger partial charge < -0.3 is 25.4 Å². The molecule has 0 aliphatic heterocycles. The number of aromatic hydroxyl groups is 1. The largest absolute Gasteiger partial charge is 0.508 e. The van der Waals surface area contributed by atoms with Crippen LogP contribution in [0.2, 0.25) is 0 Å². The highest BCUT2D eigenvalue weighted by molar-refractivity contribution is 5.92. The molecule has 3 N–H and O–H groups in total. The molecule has 0 spiro atoms. The van der Waals surface area contributed by atoms with E-state index in [9.17, 15) is 19.5 Å². The molecule has 2 atom stereocenters. The van der Waals surface area contributed by atoms with Crippen LogP contribution in [-0.4, -0.2) is 46.1 Å². The molecule has 0 fully saturated rings. The number of hydrogen-bond acceptors (Lipinski definition) is 5. The van der Waals surface area contributed by atoms with E-state index in [2.05, 4.69) is 17.6 Å². The minimum absolute atomic E-state index is 0.0982. The van der Waals surface area contributed by atoms with E-state index in [4.69, 9.17) is 4.74 Å². The summed E-state index contributed by atoms with van der Waals surface area (Å²) in [5.41, 5.74) is 1.42. The lowest BCUT2D eigenvalue weighted by Gasteiger charge is -2.35. The van der Waals surface area contributed by atoms with Crippen molar-refractivity contribution in [3.05, 3.63) is 65.2 Å². The van der Waals surface area contributed by atoms with Crippen molar-refractivity contribution >= 4 is 17.9 Å². The van der Waals surface area contributed by atoms with Gasteiger partial charge in [0.05, 0.1) is 0 Å². The van der Waals surface area contributed by atoms with Crippen molar-refractivity contribution in [1.82, 2.24) is 15.5 Å². The molecule has 2 rings (SSSR count). The third-order valence-electron chi connectivity index (χ3n) is 7.14. The summed E-state index contributed by atoms with van der Waals surface area (Å²) in [5.74, 6) is -0.445. The van der Waals surface area contributed by atoms with Gasteiger partial charge >= 0.3 is 6.09 Å². The summed E-state index contributed by atoms with van der Waals surface area (Å²) >= 11 is 0. The zero-order chi connectivity index (χ0) is 32.0. The number of benzene rings is 2. The lowest BCUT2D eigenvalue weighted by molar-refractivity contribution is -0.143. The Morgan fingerprint density at radius 2 is 1.60 bits per heavy atom. The number of nitrogens with one attached hydrogen (secondary N) is 2. The number of unbranched alkanes of at least 4 members (excludes halogenated alkanes) is 5. The van der Waals surface area contributed by atoms with E-state index in [1.807, 2.05) is 44.2 Å². The van der Waals surface area contributed by atoms with Crippen LogP contribution in [0.25, 0.3) is 0 Å². The molecule has 238 valence electrons. The molecule has 0 bridgehead atoms. The minimum atomic E-state index is -0.957. The van der Waals surface area contributed by atoms with Crippen molar-refractivity contribution in [1.29, 1.82) is 0 Å². The van der Waals surface area contributed by atoms with E-state index in [1.54, 1.807) is 50.8 Å².